The lowest BCUT2D eigenvalue weighted by molar-refractivity contribution is 0.392. The van der Waals surface area contributed by atoms with E-state index >= 15 is 0 Å². The zero-order chi connectivity index (χ0) is 15.0. The van der Waals surface area contributed by atoms with Crippen LogP contribution in [0.25, 0.3) is 0 Å². The van der Waals surface area contributed by atoms with E-state index < -0.39 is 0 Å². The molecule has 0 spiro atoms. The summed E-state index contributed by atoms with van der Waals surface area (Å²) in [5, 5.41) is 4.50. The number of rotatable bonds is 2. The van der Waals surface area contributed by atoms with Crippen molar-refractivity contribution in [2.45, 2.75) is 38.6 Å². The van der Waals surface area contributed by atoms with Gasteiger partial charge in [0, 0.05) is 13.1 Å². The maximum absolute atomic E-state index is 6.60. The molecule has 0 bridgehead atoms. The third-order valence-electron chi connectivity index (χ3n) is 4.66. The molecule has 3 rings (SSSR count). The second-order valence-electron chi connectivity index (χ2n) is 6.05. The highest BCUT2D eigenvalue weighted by atomic mass is 79.9. The van der Waals surface area contributed by atoms with Crippen LogP contribution in [0.5, 0.6) is 0 Å². The highest BCUT2D eigenvalue weighted by molar-refractivity contribution is 9.10. The Balaban J connectivity index is 1.89. The molecular weight excluding hydrogens is 326 g/mol. The third kappa shape index (κ3) is 2.79. The van der Waals surface area contributed by atoms with Gasteiger partial charge in [-0.15, -0.1) is 0 Å². The monoisotopic (exact) mass is 347 g/mol. The average Bonchev–Trinajstić information content (AvgIpc) is 2.63. The van der Waals surface area contributed by atoms with Crippen molar-refractivity contribution < 1.29 is 0 Å². The van der Waals surface area contributed by atoms with Crippen LogP contribution < -0.4 is 5.73 Å². The minimum atomic E-state index is 0.116. The molecule has 0 aliphatic heterocycles. The first kappa shape index (κ1) is 14.8. The Morgan fingerprint density at radius 2 is 2.14 bits per heavy atom. The van der Waals surface area contributed by atoms with Crippen molar-refractivity contribution in [1.82, 2.24) is 9.78 Å². The van der Waals surface area contributed by atoms with Crippen molar-refractivity contribution in [2.75, 3.05) is 0 Å². The number of fused-ring (bicyclic) bond motifs is 1. The zero-order valence-electron chi connectivity index (χ0n) is 12.6. The lowest BCUT2D eigenvalue weighted by Gasteiger charge is -2.23. The molecule has 0 radical (unpaired) electrons. The van der Waals surface area contributed by atoms with E-state index in [1.165, 1.54) is 29.7 Å². The SMILES string of the molecule is Cc1nn(C)c(CC2CCCc3ccccc3C2N)c1Br. The predicted molar refractivity (Wildman–Crippen MR) is 89.1 cm³/mol. The second kappa shape index (κ2) is 5.93. The summed E-state index contributed by atoms with van der Waals surface area (Å²) in [6, 6.07) is 8.76. The summed E-state index contributed by atoms with van der Waals surface area (Å²) in [6.07, 6.45) is 4.51. The molecule has 0 amide bonds. The minimum Gasteiger partial charge on any atom is -0.324 e. The van der Waals surface area contributed by atoms with E-state index in [1.54, 1.807) is 0 Å². The molecule has 112 valence electrons. The molecule has 0 fully saturated rings. The van der Waals surface area contributed by atoms with E-state index in [4.69, 9.17) is 5.73 Å². The molecule has 21 heavy (non-hydrogen) atoms. The van der Waals surface area contributed by atoms with Gasteiger partial charge >= 0.3 is 0 Å². The summed E-state index contributed by atoms with van der Waals surface area (Å²) in [6.45, 7) is 2.04. The maximum atomic E-state index is 6.60. The summed E-state index contributed by atoms with van der Waals surface area (Å²) < 4.78 is 3.12. The number of halogens is 1. The van der Waals surface area contributed by atoms with E-state index in [9.17, 15) is 0 Å². The highest BCUT2D eigenvalue weighted by Gasteiger charge is 2.26. The Labute approximate surface area is 134 Å². The molecule has 0 saturated heterocycles. The van der Waals surface area contributed by atoms with Crippen LogP contribution in [0.3, 0.4) is 0 Å². The Hall–Kier alpha value is -1.13. The average molecular weight is 348 g/mol. The van der Waals surface area contributed by atoms with E-state index in [-0.39, 0.29) is 6.04 Å². The Morgan fingerprint density at radius 1 is 1.38 bits per heavy atom. The molecule has 3 nitrogen and oxygen atoms in total. The van der Waals surface area contributed by atoms with E-state index in [0.29, 0.717) is 5.92 Å². The predicted octanol–water partition coefficient (Wildman–Crippen LogP) is 3.69. The Kier molecular flexibility index (Phi) is 4.18. The molecule has 2 aromatic rings. The van der Waals surface area contributed by atoms with Crippen LogP contribution in [0.15, 0.2) is 28.7 Å². The highest BCUT2D eigenvalue weighted by Crippen LogP contribution is 2.35. The largest absolute Gasteiger partial charge is 0.324 e. The second-order valence-corrected chi connectivity index (χ2v) is 6.84. The molecule has 0 saturated carbocycles. The molecule has 1 heterocycles. The van der Waals surface area contributed by atoms with Gasteiger partial charge in [-0.05, 0) is 65.6 Å². The summed E-state index contributed by atoms with van der Waals surface area (Å²) >= 11 is 3.67. The van der Waals surface area contributed by atoms with Crippen molar-refractivity contribution in [1.29, 1.82) is 0 Å². The topological polar surface area (TPSA) is 43.8 Å². The van der Waals surface area contributed by atoms with Gasteiger partial charge in [-0.2, -0.15) is 5.10 Å². The first-order valence-corrected chi connectivity index (χ1v) is 8.38. The van der Waals surface area contributed by atoms with Gasteiger partial charge in [0.2, 0.25) is 0 Å². The third-order valence-corrected chi connectivity index (χ3v) is 5.69. The molecule has 2 unspecified atom stereocenters. The van der Waals surface area contributed by atoms with Gasteiger partial charge in [0.25, 0.3) is 0 Å². The van der Waals surface area contributed by atoms with Crippen molar-refractivity contribution in [3.63, 3.8) is 0 Å². The van der Waals surface area contributed by atoms with Crippen LogP contribution in [0.4, 0.5) is 0 Å². The van der Waals surface area contributed by atoms with Gasteiger partial charge < -0.3 is 5.73 Å². The molecule has 2 N–H and O–H groups in total. The zero-order valence-corrected chi connectivity index (χ0v) is 14.2. The summed E-state index contributed by atoms with van der Waals surface area (Å²) in [5.41, 5.74) is 11.7. The van der Waals surface area contributed by atoms with E-state index in [1.807, 2.05) is 18.7 Å². The number of aryl methyl sites for hydroxylation is 3. The number of nitrogens with two attached hydrogens (primary N) is 1. The van der Waals surface area contributed by atoms with Crippen LogP contribution in [-0.4, -0.2) is 9.78 Å². The van der Waals surface area contributed by atoms with Crippen LogP contribution in [0, 0.1) is 12.8 Å². The first-order valence-electron chi connectivity index (χ1n) is 7.59. The van der Waals surface area contributed by atoms with Crippen LogP contribution >= 0.6 is 15.9 Å². The van der Waals surface area contributed by atoms with Gasteiger partial charge in [-0.1, -0.05) is 24.3 Å². The van der Waals surface area contributed by atoms with Gasteiger partial charge in [-0.3, -0.25) is 4.68 Å². The quantitative estimate of drug-likeness (QED) is 0.842. The Morgan fingerprint density at radius 3 is 2.86 bits per heavy atom. The molecular formula is C17H22BrN3. The molecule has 1 aromatic heterocycles. The van der Waals surface area contributed by atoms with Crippen LogP contribution in [0.1, 0.15) is 41.4 Å². The normalized spacial score (nSPS) is 21.9. The van der Waals surface area contributed by atoms with Gasteiger partial charge in [-0.25, -0.2) is 0 Å². The van der Waals surface area contributed by atoms with E-state index in [0.717, 1.165) is 23.0 Å². The molecule has 2 atom stereocenters. The summed E-state index contributed by atoms with van der Waals surface area (Å²) in [7, 11) is 2.02. The first-order chi connectivity index (χ1) is 10.1. The molecule has 4 heteroatoms. The summed E-state index contributed by atoms with van der Waals surface area (Å²) in [5.74, 6) is 0.472. The lowest BCUT2D eigenvalue weighted by Crippen LogP contribution is -2.23. The number of hydrogen-bond donors (Lipinski definition) is 1. The van der Waals surface area contributed by atoms with Crippen molar-refractivity contribution >= 4 is 15.9 Å². The van der Waals surface area contributed by atoms with Gasteiger partial charge in [0.05, 0.1) is 15.9 Å². The van der Waals surface area contributed by atoms with Gasteiger partial charge in [0.15, 0.2) is 0 Å². The fourth-order valence-corrected chi connectivity index (χ4v) is 3.95. The minimum absolute atomic E-state index is 0.116. The van der Waals surface area contributed by atoms with Crippen molar-refractivity contribution in [2.24, 2.45) is 18.7 Å². The van der Waals surface area contributed by atoms with Crippen molar-refractivity contribution in [3.05, 3.63) is 51.3 Å². The summed E-state index contributed by atoms with van der Waals surface area (Å²) in [4.78, 5) is 0. The van der Waals surface area contributed by atoms with E-state index in [2.05, 4.69) is 45.3 Å². The number of aromatic nitrogens is 2. The lowest BCUT2D eigenvalue weighted by atomic mass is 9.88. The molecule has 1 aliphatic rings. The van der Waals surface area contributed by atoms with Crippen molar-refractivity contribution in [3.8, 4) is 0 Å². The smallest absolute Gasteiger partial charge is 0.0738 e. The number of nitrogens with zero attached hydrogens (tertiary/aromatic N) is 2. The maximum Gasteiger partial charge on any atom is 0.0738 e. The Bertz CT molecular complexity index is 647. The molecule has 1 aromatic carbocycles. The molecule has 1 aliphatic carbocycles. The standard InChI is InChI=1S/C17H22BrN3/c1-11-16(18)15(21(2)20-11)10-13-8-5-7-12-6-3-4-9-14(12)17(13)19/h3-4,6,9,13,17H,5,7-8,10,19H2,1-2H3. The number of hydrogen-bond acceptors (Lipinski definition) is 2. The van der Waals surface area contributed by atoms with Crippen LogP contribution in [0.2, 0.25) is 0 Å². The fourth-order valence-electron chi connectivity index (χ4n) is 3.45. The van der Waals surface area contributed by atoms with Crippen LogP contribution in [-0.2, 0) is 19.9 Å². The number of benzene rings is 1. The van der Waals surface area contributed by atoms with Gasteiger partial charge in [0.1, 0.15) is 0 Å². The fraction of sp³-hybridized carbons (Fsp3) is 0.471.